The van der Waals surface area contributed by atoms with E-state index in [2.05, 4.69) is 11.9 Å². The molecular weight excluding hydrogens is 324 g/mol. The van der Waals surface area contributed by atoms with E-state index < -0.39 is 23.0 Å². The molecule has 2 aromatic rings. The summed E-state index contributed by atoms with van der Waals surface area (Å²) < 4.78 is 31.7. The molecule has 0 aromatic heterocycles. The third-order valence-corrected chi connectivity index (χ3v) is 2.76. The summed E-state index contributed by atoms with van der Waals surface area (Å²) >= 11 is 5.71. The van der Waals surface area contributed by atoms with Crippen LogP contribution >= 0.6 is 11.6 Å². The van der Waals surface area contributed by atoms with Crippen LogP contribution in [0.2, 0.25) is 5.02 Å². The quantitative estimate of drug-likeness (QED) is 0.514. The van der Waals surface area contributed by atoms with E-state index >= 15 is 0 Å². The van der Waals surface area contributed by atoms with E-state index in [9.17, 15) is 13.6 Å². The molecule has 3 nitrogen and oxygen atoms in total. The third-order valence-electron chi connectivity index (χ3n) is 2.50. The van der Waals surface area contributed by atoms with Crippen molar-refractivity contribution >= 4 is 17.4 Å². The highest BCUT2D eigenvalue weighted by molar-refractivity contribution is 6.30. The molecule has 0 bridgehead atoms. The minimum absolute atomic E-state index is 0.308. The van der Waals surface area contributed by atoms with Gasteiger partial charge in [-0.25, -0.2) is 8.78 Å². The standard InChI is InChI=1S/C15H9ClF2O2.C2H7N/c1-9(20-11-7-5-10(16)6-8-11)15(19)12-3-2-4-13(17)14(12)18;1-3-2/h2-8H,1H2;3H,1-2H3. The van der Waals surface area contributed by atoms with Gasteiger partial charge in [0.1, 0.15) is 5.75 Å². The summed E-state index contributed by atoms with van der Waals surface area (Å²) in [7, 11) is 3.75. The summed E-state index contributed by atoms with van der Waals surface area (Å²) in [4.78, 5) is 11.9. The number of carbonyl (C=O) groups is 1. The minimum Gasteiger partial charge on any atom is -0.454 e. The molecule has 0 fully saturated rings. The summed E-state index contributed by atoms with van der Waals surface area (Å²) in [5.74, 6) is -3.13. The van der Waals surface area contributed by atoms with Crippen LogP contribution < -0.4 is 10.1 Å². The second-order valence-electron chi connectivity index (χ2n) is 4.41. The fraction of sp³-hybridized carbons (Fsp3) is 0.118. The third kappa shape index (κ3) is 5.47. The van der Waals surface area contributed by atoms with Gasteiger partial charge in [-0.1, -0.05) is 24.2 Å². The summed E-state index contributed by atoms with van der Waals surface area (Å²) in [5, 5.41) is 3.26. The highest BCUT2D eigenvalue weighted by atomic mass is 35.5. The molecule has 2 rings (SSSR count). The smallest absolute Gasteiger partial charge is 0.230 e. The molecule has 0 heterocycles. The van der Waals surface area contributed by atoms with E-state index in [1.165, 1.54) is 18.2 Å². The highest BCUT2D eigenvalue weighted by Gasteiger charge is 2.19. The molecule has 122 valence electrons. The Kier molecular flexibility index (Phi) is 7.38. The van der Waals surface area contributed by atoms with Crippen LogP contribution in [0.1, 0.15) is 10.4 Å². The predicted molar refractivity (Wildman–Crippen MR) is 86.9 cm³/mol. The van der Waals surface area contributed by atoms with E-state index in [1.54, 1.807) is 12.1 Å². The lowest BCUT2D eigenvalue weighted by Gasteiger charge is -2.08. The summed E-state index contributed by atoms with van der Waals surface area (Å²) in [6.07, 6.45) is 0. The van der Waals surface area contributed by atoms with E-state index in [1.807, 2.05) is 14.1 Å². The lowest BCUT2D eigenvalue weighted by molar-refractivity contribution is 0.0982. The maximum atomic E-state index is 13.5. The van der Waals surface area contributed by atoms with Gasteiger partial charge in [0.05, 0.1) is 5.56 Å². The molecule has 0 spiro atoms. The molecule has 0 atom stereocenters. The van der Waals surface area contributed by atoms with Gasteiger partial charge < -0.3 is 10.1 Å². The number of rotatable bonds is 4. The van der Waals surface area contributed by atoms with Crippen LogP contribution in [0, 0.1) is 11.6 Å². The Morgan fingerprint density at radius 2 is 1.70 bits per heavy atom. The Labute approximate surface area is 138 Å². The van der Waals surface area contributed by atoms with Crippen molar-refractivity contribution in [1.29, 1.82) is 0 Å². The largest absolute Gasteiger partial charge is 0.454 e. The van der Waals surface area contributed by atoms with Gasteiger partial charge in [0.2, 0.25) is 5.78 Å². The van der Waals surface area contributed by atoms with E-state index in [4.69, 9.17) is 16.3 Å². The van der Waals surface area contributed by atoms with Crippen LogP contribution in [0.4, 0.5) is 8.78 Å². The lowest BCUT2D eigenvalue weighted by atomic mass is 10.1. The Bertz CT molecular complexity index is 687. The second kappa shape index (κ2) is 9.02. The van der Waals surface area contributed by atoms with Gasteiger partial charge in [-0.3, -0.25) is 4.79 Å². The highest BCUT2D eigenvalue weighted by Crippen LogP contribution is 2.20. The zero-order valence-corrected chi connectivity index (χ0v) is 13.5. The van der Waals surface area contributed by atoms with Crippen molar-refractivity contribution in [3.63, 3.8) is 0 Å². The lowest BCUT2D eigenvalue weighted by Crippen LogP contribution is -2.11. The SMILES string of the molecule is C=C(Oc1ccc(Cl)cc1)C(=O)c1cccc(F)c1F.CNC. The van der Waals surface area contributed by atoms with Gasteiger partial charge in [-0.2, -0.15) is 0 Å². The number of ether oxygens (including phenoxy) is 1. The van der Waals surface area contributed by atoms with Gasteiger partial charge in [-0.15, -0.1) is 0 Å². The molecule has 0 saturated carbocycles. The van der Waals surface area contributed by atoms with Crippen LogP contribution in [0.5, 0.6) is 5.75 Å². The zero-order valence-electron chi connectivity index (χ0n) is 12.7. The van der Waals surface area contributed by atoms with Gasteiger partial charge in [0.25, 0.3) is 0 Å². The minimum atomic E-state index is -1.22. The number of allylic oxidation sites excluding steroid dienone is 1. The number of hydrogen-bond donors (Lipinski definition) is 1. The van der Waals surface area contributed by atoms with Crippen molar-refractivity contribution in [2.75, 3.05) is 14.1 Å². The van der Waals surface area contributed by atoms with Gasteiger partial charge in [-0.05, 0) is 50.5 Å². The average Bonchev–Trinajstić information content (AvgIpc) is 2.52. The second-order valence-corrected chi connectivity index (χ2v) is 4.85. The Balaban J connectivity index is 0.000000816. The molecule has 0 saturated heterocycles. The maximum absolute atomic E-state index is 13.5. The predicted octanol–water partition coefficient (Wildman–Crippen LogP) is 4.23. The molecule has 0 aliphatic heterocycles. The summed E-state index contributed by atoms with van der Waals surface area (Å²) in [5.41, 5.74) is -0.427. The van der Waals surface area contributed by atoms with Crippen LogP contribution in [0.3, 0.4) is 0 Å². The number of ketones is 1. The normalized spacial score (nSPS) is 9.61. The fourth-order valence-corrected chi connectivity index (χ4v) is 1.65. The first kappa shape index (κ1) is 18.8. The van der Waals surface area contributed by atoms with E-state index in [0.717, 1.165) is 12.1 Å². The van der Waals surface area contributed by atoms with Crippen molar-refractivity contribution in [2.45, 2.75) is 0 Å². The van der Waals surface area contributed by atoms with Crippen LogP contribution in [0.25, 0.3) is 0 Å². The topological polar surface area (TPSA) is 38.3 Å². The molecule has 23 heavy (non-hydrogen) atoms. The van der Waals surface area contributed by atoms with Crippen LogP contribution in [0.15, 0.2) is 54.8 Å². The number of carbonyl (C=O) groups excluding carboxylic acids is 1. The van der Waals surface area contributed by atoms with Crippen molar-refractivity contribution in [2.24, 2.45) is 0 Å². The molecular formula is C17H16ClF2NO2. The first-order chi connectivity index (χ1) is 10.9. The fourth-order valence-electron chi connectivity index (χ4n) is 1.52. The molecule has 0 radical (unpaired) electrons. The van der Waals surface area contributed by atoms with Crippen molar-refractivity contribution in [3.05, 3.63) is 77.0 Å². The van der Waals surface area contributed by atoms with Crippen molar-refractivity contribution < 1.29 is 18.3 Å². The number of Topliss-reactive ketones (excluding diaryl/α,β-unsaturated/α-hetero) is 1. The Hall–Kier alpha value is -2.24. The molecule has 6 heteroatoms. The molecule has 0 aliphatic rings. The number of halogens is 3. The average molecular weight is 340 g/mol. The molecule has 0 aliphatic carbocycles. The summed E-state index contributed by atoms with van der Waals surface area (Å²) in [6.45, 7) is 3.43. The number of nitrogens with one attached hydrogen (secondary N) is 1. The molecule has 0 amide bonds. The van der Waals surface area contributed by atoms with Gasteiger partial charge >= 0.3 is 0 Å². The van der Waals surface area contributed by atoms with E-state index in [0.29, 0.717) is 10.8 Å². The van der Waals surface area contributed by atoms with Crippen LogP contribution in [-0.4, -0.2) is 19.9 Å². The molecule has 2 aromatic carbocycles. The monoisotopic (exact) mass is 339 g/mol. The first-order valence-electron chi connectivity index (χ1n) is 6.60. The van der Waals surface area contributed by atoms with Gasteiger partial charge in [0, 0.05) is 5.02 Å². The van der Waals surface area contributed by atoms with Gasteiger partial charge in [0.15, 0.2) is 17.4 Å². The van der Waals surface area contributed by atoms with Crippen LogP contribution in [-0.2, 0) is 0 Å². The first-order valence-corrected chi connectivity index (χ1v) is 6.98. The van der Waals surface area contributed by atoms with Crippen molar-refractivity contribution in [1.82, 2.24) is 5.32 Å². The number of hydrogen-bond acceptors (Lipinski definition) is 3. The number of benzene rings is 2. The van der Waals surface area contributed by atoms with Crippen molar-refractivity contribution in [3.8, 4) is 5.75 Å². The Morgan fingerprint density at radius 1 is 1.13 bits per heavy atom. The molecule has 1 N–H and O–H groups in total. The molecule has 0 unspecified atom stereocenters. The maximum Gasteiger partial charge on any atom is 0.230 e. The summed E-state index contributed by atoms with van der Waals surface area (Å²) in [6, 6.07) is 9.52. The van der Waals surface area contributed by atoms with E-state index in [-0.39, 0.29) is 5.76 Å². The zero-order chi connectivity index (χ0) is 17.4. The Morgan fingerprint density at radius 3 is 2.26 bits per heavy atom.